The lowest BCUT2D eigenvalue weighted by Crippen LogP contribution is -2.57. The van der Waals surface area contributed by atoms with E-state index in [0.717, 1.165) is 31.6 Å². The maximum absolute atomic E-state index is 15.1. The topological polar surface area (TPSA) is 138 Å². The van der Waals surface area contributed by atoms with Crippen molar-refractivity contribution in [1.29, 1.82) is 0 Å². The van der Waals surface area contributed by atoms with Crippen molar-refractivity contribution in [3.63, 3.8) is 0 Å². The summed E-state index contributed by atoms with van der Waals surface area (Å²) in [7, 11) is 1.51. The van der Waals surface area contributed by atoms with Crippen LogP contribution in [0.2, 0.25) is 0 Å². The van der Waals surface area contributed by atoms with E-state index in [4.69, 9.17) is 14.2 Å². The van der Waals surface area contributed by atoms with Crippen LogP contribution >= 0.6 is 15.9 Å². The van der Waals surface area contributed by atoms with E-state index in [1.54, 1.807) is 22.0 Å². The second kappa shape index (κ2) is 20.6. The number of aliphatic hydroxyl groups excluding tert-OH is 1. The van der Waals surface area contributed by atoms with E-state index < -0.39 is 47.7 Å². The number of anilines is 2. The number of fused-ring (bicyclic) bond motifs is 1. The number of aliphatic hydroxyl groups is 1. The first kappa shape index (κ1) is 44.1. The van der Waals surface area contributed by atoms with Crippen LogP contribution in [0, 0.1) is 11.8 Å². The molecule has 0 aliphatic carbocycles. The highest BCUT2D eigenvalue weighted by atomic mass is 79.9. The van der Waals surface area contributed by atoms with Crippen LogP contribution in [-0.4, -0.2) is 109 Å². The van der Waals surface area contributed by atoms with E-state index in [1.807, 2.05) is 54.6 Å². The quantitative estimate of drug-likeness (QED) is 0.0622. The van der Waals surface area contributed by atoms with Crippen molar-refractivity contribution in [2.24, 2.45) is 11.8 Å². The molecule has 3 amide bonds. The van der Waals surface area contributed by atoms with Gasteiger partial charge in [-0.3, -0.25) is 19.2 Å². The molecular weight excluding hydrogens is 792 g/mol. The average Bonchev–Trinajstić information content (AvgIpc) is 3.81. The molecule has 5 rings (SSSR count). The number of alkyl halides is 1. The number of allylic oxidation sites excluding steroid dienone is 1. The van der Waals surface area contributed by atoms with Gasteiger partial charge in [0.25, 0.3) is 5.91 Å². The number of ether oxygens (including phenoxy) is 3. The number of amides is 3. The summed E-state index contributed by atoms with van der Waals surface area (Å²) >= 11 is 3.79. The van der Waals surface area contributed by atoms with E-state index in [0.29, 0.717) is 36.9 Å². The molecule has 3 aliphatic heterocycles. The number of esters is 1. The fourth-order valence-corrected chi connectivity index (χ4v) is 9.77. The predicted molar refractivity (Wildman–Crippen MR) is 224 cm³/mol. The van der Waals surface area contributed by atoms with Gasteiger partial charge in [0, 0.05) is 62.5 Å². The van der Waals surface area contributed by atoms with Crippen LogP contribution in [-0.2, 0) is 33.4 Å². The Kier molecular flexibility index (Phi) is 15.9. The predicted octanol–water partition coefficient (Wildman–Crippen LogP) is 5.73. The van der Waals surface area contributed by atoms with Gasteiger partial charge in [-0.15, -0.1) is 13.2 Å². The highest BCUT2D eigenvalue weighted by Crippen LogP contribution is 2.60. The molecule has 2 N–H and O–H groups in total. The minimum atomic E-state index is -1.31. The third-order valence-corrected chi connectivity index (χ3v) is 12.3. The Labute approximate surface area is 345 Å². The minimum absolute atomic E-state index is 0.0559. The van der Waals surface area contributed by atoms with Crippen molar-refractivity contribution in [2.45, 2.75) is 93.5 Å². The number of unbranched alkanes of at least 4 members (excludes halogenated alkanes) is 3. The fourth-order valence-electron chi connectivity index (χ4n) is 8.82. The average molecular weight is 852 g/mol. The molecule has 310 valence electrons. The molecule has 2 aromatic rings. The molecule has 3 aliphatic rings. The Morgan fingerprint density at radius 1 is 1.04 bits per heavy atom. The lowest BCUT2D eigenvalue weighted by molar-refractivity contribution is -0.163. The molecule has 57 heavy (non-hydrogen) atoms. The summed E-state index contributed by atoms with van der Waals surface area (Å²) in [5.41, 5.74) is 1.03. The lowest BCUT2D eigenvalue weighted by atomic mass is 9.70. The molecular formula is C44H59BrN4O8. The van der Waals surface area contributed by atoms with E-state index in [2.05, 4.69) is 53.2 Å². The standard InChI is InChI=1S/C44H59BrN4O8/c1-6-10-20-35(51)46-34(29-55-5)38(30-18-14-13-15-19-30)56-43(54)36-37-41(52)49(26-16-11-12-17-27-50)40(44(37)28-33(45)39(36)57-44)42(53)48(25-7-2)32-23-21-31(22-24-32)47(8-3)9-4/h6-7,13-15,18-19,21-24,33-34,36-40,50H,1-2,8-12,16-17,20,25-29H2,3-5H3,(H,46,51)/t33?,34-,36-,37+,38-,39-,40-,44+/m0/s1. The zero-order valence-corrected chi connectivity index (χ0v) is 35.1. The van der Waals surface area contributed by atoms with E-state index in [9.17, 15) is 19.5 Å². The van der Waals surface area contributed by atoms with Crippen LogP contribution in [0.15, 0.2) is 79.9 Å². The van der Waals surface area contributed by atoms with Crippen LogP contribution in [0.4, 0.5) is 11.4 Å². The molecule has 13 heteroatoms. The Bertz CT molecular complexity index is 1690. The Morgan fingerprint density at radius 3 is 2.35 bits per heavy atom. The molecule has 0 radical (unpaired) electrons. The monoisotopic (exact) mass is 850 g/mol. The zero-order valence-electron chi connectivity index (χ0n) is 33.5. The van der Waals surface area contributed by atoms with Gasteiger partial charge in [0.2, 0.25) is 11.8 Å². The summed E-state index contributed by atoms with van der Waals surface area (Å²) in [6, 6.07) is 15.2. The molecule has 0 aromatic heterocycles. The number of carbonyl (C=O) groups is 4. The van der Waals surface area contributed by atoms with Crippen molar-refractivity contribution in [2.75, 3.05) is 56.3 Å². The maximum Gasteiger partial charge on any atom is 0.313 e. The Morgan fingerprint density at radius 2 is 1.72 bits per heavy atom. The second-order valence-corrected chi connectivity index (χ2v) is 16.2. The highest BCUT2D eigenvalue weighted by molar-refractivity contribution is 9.09. The van der Waals surface area contributed by atoms with Crippen molar-refractivity contribution in [1.82, 2.24) is 10.2 Å². The molecule has 3 saturated heterocycles. The summed E-state index contributed by atoms with van der Waals surface area (Å²) in [5.74, 6) is -3.54. The van der Waals surface area contributed by atoms with Gasteiger partial charge in [0.1, 0.15) is 17.7 Å². The summed E-state index contributed by atoms with van der Waals surface area (Å²) in [6.45, 7) is 14.1. The van der Waals surface area contributed by atoms with Crippen LogP contribution < -0.4 is 15.1 Å². The molecule has 0 saturated carbocycles. The van der Waals surface area contributed by atoms with E-state index in [1.165, 1.54) is 7.11 Å². The van der Waals surface area contributed by atoms with Crippen molar-refractivity contribution >= 4 is 51.0 Å². The van der Waals surface area contributed by atoms with Crippen LogP contribution in [0.5, 0.6) is 0 Å². The second-order valence-electron chi connectivity index (χ2n) is 15.0. The SMILES string of the molecule is C=CCCC(=O)N[C@@H](COC)[C@@H](OC(=O)[C@@H]1[C@H]2O[C@@]3(CC2Br)[C@H](C(=O)N(CC=C)c2ccc(N(CC)CC)cc2)N(CCCCCCO)C(=O)[C@@H]13)c1ccccc1. The number of carbonyl (C=O) groups excluding carboxylic acids is 4. The molecule has 3 fully saturated rings. The van der Waals surface area contributed by atoms with E-state index >= 15 is 4.79 Å². The summed E-state index contributed by atoms with van der Waals surface area (Å²) in [6.07, 6.45) is 5.43. The smallest absolute Gasteiger partial charge is 0.313 e. The minimum Gasteiger partial charge on any atom is -0.455 e. The normalized spacial score (nSPS) is 24.4. The van der Waals surface area contributed by atoms with E-state index in [-0.39, 0.29) is 55.3 Å². The van der Waals surface area contributed by atoms with Gasteiger partial charge in [-0.2, -0.15) is 0 Å². The van der Waals surface area contributed by atoms with Gasteiger partial charge in [0.15, 0.2) is 0 Å². The lowest BCUT2D eigenvalue weighted by Gasteiger charge is -2.37. The Balaban J connectivity index is 1.51. The molecule has 2 bridgehead atoms. The number of halogens is 1. The number of rotatable bonds is 23. The molecule has 1 unspecified atom stereocenters. The maximum atomic E-state index is 15.1. The molecule has 12 nitrogen and oxygen atoms in total. The van der Waals surface area contributed by atoms with Gasteiger partial charge < -0.3 is 39.3 Å². The summed E-state index contributed by atoms with van der Waals surface area (Å²) < 4.78 is 18.7. The van der Waals surface area contributed by atoms with Crippen molar-refractivity contribution < 1.29 is 38.5 Å². The van der Waals surface area contributed by atoms with Gasteiger partial charge in [0.05, 0.1) is 30.6 Å². The summed E-state index contributed by atoms with van der Waals surface area (Å²) in [4.78, 5) is 62.9. The summed E-state index contributed by atoms with van der Waals surface area (Å²) in [5, 5.41) is 12.4. The fraction of sp³-hybridized carbons (Fsp3) is 0.545. The Hall–Kier alpha value is -4.04. The molecule has 3 heterocycles. The number of benzene rings is 2. The number of nitrogens with one attached hydrogen (secondary N) is 1. The molecule has 1 spiro atoms. The number of nitrogens with zero attached hydrogens (tertiary/aromatic N) is 3. The third-order valence-electron chi connectivity index (χ3n) is 11.5. The first-order chi connectivity index (χ1) is 27.6. The number of methoxy groups -OCH3 is 1. The largest absolute Gasteiger partial charge is 0.455 e. The first-order valence-corrected chi connectivity index (χ1v) is 21.2. The van der Waals surface area contributed by atoms with Gasteiger partial charge in [-0.05, 0) is 69.4 Å². The van der Waals surface area contributed by atoms with Crippen molar-refractivity contribution in [3.8, 4) is 0 Å². The first-order valence-electron chi connectivity index (χ1n) is 20.3. The van der Waals surface area contributed by atoms with Crippen LogP contribution in [0.1, 0.15) is 70.5 Å². The third kappa shape index (κ3) is 9.48. The van der Waals surface area contributed by atoms with Crippen LogP contribution in [0.3, 0.4) is 0 Å². The van der Waals surface area contributed by atoms with Crippen molar-refractivity contribution in [3.05, 3.63) is 85.5 Å². The van der Waals surface area contributed by atoms with Gasteiger partial charge >= 0.3 is 5.97 Å². The van der Waals surface area contributed by atoms with Gasteiger partial charge in [-0.1, -0.05) is 71.3 Å². The molecule has 8 atom stereocenters. The highest BCUT2D eigenvalue weighted by Gasteiger charge is 2.77. The van der Waals surface area contributed by atoms with Crippen LogP contribution in [0.25, 0.3) is 0 Å². The number of hydrogen-bond donors (Lipinski definition) is 2. The molecule has 2 aromatic carbocycles. The zero-order chi connectivity index (χ0) is 41.1. The van der Waals surface area contributed by atoms with Gasteiger partial charge in [-0.25, -0.2) is 0 Å². The number of likely N-dealkylation sites (tertiary alicyclic amines) is 1. The number of hydrogen-bond acceptors (Lipinski definition) is 9.